The van der Waals surface area contributed by atoms with Gasteiger partial charge < -0.3 is 19.3 Å². The Hall–Kier alpha value is -2.83. The standard InChI is InChI=1S/C26H33NO5/c1-30-24-7-4-6-20(26(24)32-3)14-16-27(15-5-17-28)23-12-10-21-18-19(8-11-22(21)23)9-13-25(29)31-2/h4,6-9,11,13,18,23,28H,5,10,12,14-17H2,1-3H3. The summed E-state index contributed by atoms with van der Waals surface area (Å²) >= 11 is 0. The smallest absolute Gasteiger partial charge is 0.330 e. The third-order valence-corrected chi connectivity index (χ3v) is 6.02. The van der Waals surface area contributed by atoms with Crippen molar-refractivity contribution in [2.45, 2.75) is 31.7 Å². The van der Waals surface area contributed by atoms with E-state index in [-0.39, 0.29) is 12.6 Å². The number of methoxy groups -OCH3 is 3. The molecule has 2 aromatic carbocycles. The maximum atomic E-state index is 11.4. The van der Waals surface area contributed by atoms with Crippen molar-refractivity contribution in [3.63, 3.8) is 0 Å². The largest absolute Gasteiger partial charge is 0.493 e. The molecule has 0 spiro atoms. The minimum Gasteiger partial charge on any atom is -0.493 e. The predicted molar refractivity (Wildman–Crippen MR) is 125 cm³/mol. The van der Waals surface area contributed by atoms with Crippen LogP contribution in [0.5, 0.6) is 11.5 Å². The number of hydrogen-bond donors (Lipinski definition) is 1. The number of nitrogens with zero attached hydrogens (tertiary/aromatic N) is 1. The summed E-state index contributed by atoms with van der Waals surface area (Å²) < 4.78 is 15.7. The van der Waals surface area contributed by atoms with Crippen LogP contribution in [0.3, 0.4) is 0 Å². The quantitative estimate of drug-likeness (QED) is 0.424. The number of benzene rings is 2. The third-order valence-electron chi connectivity index (χ3n) is 6.02. The van der Waals surface area contributed by atoms with Crippen molar-refractivity contribution in [1.29, 1.82) is 0 Å². The molecule has 0 bridgehead atoms. The van der Waals surface area contributed by atoms with E-state index in [1.54, 1.807) is 20.3 Å². The van der Waals surface area contributed by atoms with Crippen LogP contribution in [0.4, 0.5) is 0 Å². The molecule has 32 heavy (non-hydrogen) atoms. The van der Waals surface area contributed by atoms with Gasteiger partial charge in [-0.15, -0.1) is 0 Å². The number of rotatable bonds is 11. The lowest BCUT2D eigenvalue weighted by atomic mass is 10.0. The average molecular weight is 440 g/mol. The van der Waals surface area contributed by atoms with Crippen molar-refractivity contribution in [2.75, 3.05) is 41.0 Å². The topological polar surface area (TPSA) is 68.2 Å². The molecule has 0 heterocycles. The summed E-state index contributed by atoms with van der Waals surface area (Å²) in [7, 11) is 4.70. The van der Waals surface area contributed by atoms with E-state index in [0.717, 1.165) is 61.4 Å². The van der Waals surface area contributed by atoms with Gasteiger partial charge in [0.25, 0.3) is 0 Å². The van der Waals surface area contributed by atoms with Gasteiger partial charge >= 0.3 is 5.97 Å². The van der Waals surface area contributed by atoms with Crippen LogP contribution in [0.1, 0.15) is 41.1 Å². The van der Waals surface area contributed by atoms with Crippen molar-refractivity contribution < 1.29 is 24.1 Å². The highest BCUT2D eigenvalue weighted by Crippen LogP contribution is 2.37. The lowest BCUT2D eigenvalue weighted by Gasteiger charge is -2.30. The number of aliphatic hydroxyl groups is 1. The first-order chi connectivity index (χ1) is 15.6. The van der Waals surface area contributed by atoms with Gasteiger partial charge in [0.2, 0.25) is 0 Å². The van der Waals surface area contributed by atoms with Gasteiger partial charge in [-0.1, -0.05) is 30.3 Å². The number of carbonyl (C=O) groups excluding carboxylic acids is 1. The van der Waals surface area contributed by atoms with E-state index in [1.807, 2.05) is 18.2 Å². The van der Waals surface area contributed by atoms with Crippen molar-refractivity contribution in [1.82, 2.24) is 4.90 Å². The summed E-state index contributed by atoms with van der Waals surface area (Å²) in [6, 6.07) is 12.7. The van der Waals surface area contributed by atoms with E-state index in [9.17, 15) is 9.90 Å². The molecule has 0 saturated heterocycles. The molecule has 0 saturated carbocycles. The fraction of sp³-hybridized carbons (Fsp3) is 0.423. The molecule has 0 aromatic heterocycles. The maximum absolute atomic E-state index is 11.4. The number of carbonyl (C=O) groups is 1. The molecule has 0 amide bonds. The lowest BCUT2D eigenvalue weighted by molar-refractivity contribution is -0.134. The summed E-state index contributed by atoms with van der Waals surface area (Å²) in [6.45, 7) is 1.87. The second-order valence-electron chi connectivity index (χ2n) is 7.88. The van der Waals surface area contributed by atoms with Crippen molar-refractivity contribution >= 4 is 12.0 Å². The molecule has 0 aliphatic heterocycles. The molecule has 1 aliphatic rings. The molecule has 0 fully saturated rings. The Balaban J connectivity index is 1.77. The van der Waals surface area contributed by atoms with E-state index in [4.69, 9.17) is 9.47 Å². The fourth-order valence-corrected chi connectivity index (χ4v) is 4.44. The molecule has 2 aromatic rings. The Bertz CT molecular complexity index is 940. The van der Waals surface area contributed by atoms with Crippen LogP contribution in [0.2, 0.25) is 0 Å². The van der Waals surface area contributed by atoms with E-state index >= 15 is 0 Å². The van der Waals surface area contributed by atoms with Gasteiger partial charge in [0.15, 0.2) is 11.5 Å². The summed E-state index contributed by atoms with van der Waals surface area (Å²) in [5.74, 6) is 1.17. The Morgan fingerprint density at radius 3 is 2.72 bits per heavy atom. The molecular weight excluding hydrogens is 406 g/mol. The minimum atomic E-state index is -0.355. The molecule has 1 unspecified atom stereocenters. The van der Waals surface area contributed by atoms with Gasteiger partial charge in [-0.25, -0.2) is 4.79 Å². The first-order valence-corrected chi connectivity index (χ1v) is 11.0. The number of aliphatic hydroxyl groups excluding tert-OH is 1. The number of esters is 1. The zero-order valence-electron chi connectivity index (χ0n) is 19.2. The van der Waals surface area contributed by atoms with Gasteiger partial charge in [0, 0.05) is 31.8 Å². The lowest BCUT2D eigenvalue weighted by Crippen LogP contribution is -2.31. The normalized spacial score (nSPS) is 15.2. The van der Waals surface area contributed by atoms with E-state index in [2.05, 4.69) is 27.8 Å². The van der Waals surface area contributed by atoms with Crippen LogP contribution >= 0.6 is 0 Å². The molecule has 1 atom stereocenters. The highest BCUT2D eigenvalue weighted by molar-refractivity contribution is 5.87. The van der Waals surface area contributed by atoms with Crippen LogP contribution in [0.15, 0.2) is 42.5 Å². The van der Waals surface area contributed by atoms with Gasteiger partial charge in [-0.05, 0) is 60.1 Å². The molecule has 0 radical (unpaired) electrons. The highest BCUT2D eigenvalue weighted by Gasteiger charge is 2.28. The summed E-state index contributed by atoms with van der Waals surface area (Å²) in [5, 5.41) is 9.44. The van der Waals surface area contributed by atoms with Crippen LogP contribution in [-0.2, 0) is 22.4 Å². The minimum absolute atomic E-state index is 0.176. The zero-order chi connectivity index (χ0) is 22.9. The van der Waals surface area contributed by atoms with Crippen LogP contribution < -0.4 is 9.47 Å². The number of ether oxygens (including phenoxy) is 3. The molecule has 1 aliphatic carbocycles. The SMILES string of the molecule is COC(=O)C=Cc1ccc2c(c1)CCC2N(CCCO)CCc1cccc(OC)c1OC. The van der Waals surface area contributed by atoms with E-state index in [0.29, 0.717) is 6.04 Å². The monoisotopic (exact) mass is 439 g/mol. The van der Waals surface area contributed by atoms with Gasteiger partial charge in [-0.2, -0.15) is 0 Å². The maximum Gasteiger partial charge on any atom is 0.330 e. The molecular formula is C26H33NO5. The van der Waals surface area contributed by atoms with E-state index in [1.165, 1.54) is 24.3 Å². The average Bonchev–Trinajstić information content (AvgIpc) is 3.25. The van der Waals surface area contributed by atoms with Gasteiger partial charge in [0.05, 0.1) is 21.3 Å². The molecule has 3 rings (SSSR count). The van der Waals surface area contributed by atoms with Gasteiger partial charge in [0.1, 0.15) is 0 Å². The Morgan fingerprint density at radius 1 is 1.16 bits per heavy atom. The first-order valence-electron chi connectivity index (χ1n) is 11.0. The molecule has 6 heteroatoms. The van der Waals surface area contributed by atoms with Crippen molar-refractivity contribution in [2.24, 2.45) is 0 Å². The highest BCUT2D eigenvalue weighted by atomic mass is 16.5. The number of para-hydroxylation sites is 1. The first kappa shape index (κ1) is 23.8. The Morgan fingerprint density at radius 2 is 2.00 bits per heavy atom. The number of hydrogen-bond acceptors (Lipinski definition) is 6. The second-order valence-corrected chi connectivity index (χ2v) is 7.88. The Kier molecular flexibility index (Phi) is 8.71. The number of fused-ring (bicyclic) bond motifs is 1. The van der Waals surface area contributed by atoms with Crippen molar-refractivity contribution in [3.8, 4) is 11.5 Å². The fourth-order valence-electron chi connectivity index (χ4n) is 4.44. The van der Waals surface area contributed by atoms with Crippen LogP contribution in [-0.4, -0.2) is 57.0 Å². The Labute approximate surface area is 190 Å². The molecule has 6 nitrogen and oxygen atoms in total. The van der Waals surface area contributed by atoms with Crippen LogP contribution in [0.25, 0.3) is 6.08 Å². The zero-order valence-corrected chi connectivity index (χ0v) is 19.2. The third kappa shape index (κ3) is 5.69. The van der Waals surface area contributed by atoms with Crippen molar-refractivity contribution in [3.05, 3.63) is 64.7 Å². The summed E-state index contributed by atoms with van der Waals surface area (Å²) in [6.07, 6.45) is 6.85. The second kappa shape index (κ2) is 11.7. The van der Waals surface area contributed by atoms with Crippen LogP contribution in [0, 0.1) is 0 Å². The molecule has 1 N–H and O–H groups in total. The van der Waals surface area contributed by atoms with Gasteiger partial charge in [-0.3, -0.25) is 4.90 Å². The molecule has 172 valence electrons. The summed E-state index contributed by atoms with van der Waals surface area (Å²) in [4.78, 5) is 13.8. The summed E-state index contributed by atoms with van der Waals surface area (Å²) in [5.41, 5.74) is 4.76. The predicted octanol–water partition coefficient (Wildman–Crippen LogP) is 3.80. The number of aryl methyl sites for hydroxylation is 1. The van der Waals surface area contributed by atoms with E-state index < -0.39 is 0 Å².